The van der Waals surface area contributed by atoms with E-state index in [4.69, 9.17) is 4.74 Å². The van der Waals surface area contributed by atoms with E-state index in [0.29, 0.717) is 80.7 Å². The summed E-state index contributed by atoms with van der Waals surface area (Å²) >= 11 is 3.53. The number of fused-ring (bicyclic) bond motifs is 4. The zero-order valence-corrected chi connectivity index (χ0v) is 38.3. The van der Waals surface area contributed by atoms with Crippen molar-refractivity contribution in [1.29, 1.82) is 0 Å². The Hall–Kier alpha value is -3.81. The molecule has 0 atom stereocenters. The standard InChI is InChI=1S/C43H55FN6O5.2C2H6.CH4S/c44-36-11-10-32(25-37-33-8-4-5-9-34(33)40(53)47-46-37)24-35(36)41(54)50-22-20-49(21-23-50)39(52)28-48-18-12-31(13-19-48)27-43-16-14-42(15-17-43,29-55-43)45-38(51)26-30-6-2-1-3-7-30;3*1-2/h4-5,8-11,24,30-31H,1-3,6-7,12-23,25-29H2,(H,45,51)(H,47,53);2*1-2H3;2H,1H3. The van der Waals surface area contributed by atoms with Gasteiger partial charge in [-0.2, -0.15) is 17.7 Å². The molecule has 5 heterocycles. The Morgan fingerprint density at radius 3 is 2.11 bits per heavy atom. The number of ether oxygens (including phenoxy) is 1. The third kappa shape index (κ3) is 12.2. The van der Waals surface area contributed by atoms with Crippen molar-refractivity contribution in [2.45, 2.75) is 129 Å². The number of nitrogens with one attached hydrogen (secondary N) is 2. The van der Waals surface area contributed by atoms with Crippen LogP contribution in [-0.2, 0) is 20.7 Å². The molecule has 336 valence electrons. The van der Waals surface area contributed by atoms with E-state index in [9.17, 15) is 19.2 Å². The van der Waals surface area contributed by atoms with Crippen molar-refractivity contribution in [2.24, 2.45) is 11.8 Å². The number of nitrogens with zero attached hydrogens (tertiary/aromatic N) is 4. The van der Waals surface area contributed by atoms with E-state index >= 15 is 4.39 Å². The van der Waals surface area contributed by atoms with E-state index in [2.05, 4.69) is 33.0 Å². The summed E-state index contributed by atoms with van der Waals surface area (Å²) in [6.07, 6.45) is 16.1. The van der Waals surface area contributed by atoms with Gasteiger partial charge in [-0.1, -0.05) is 71.2 Å². The minimum Gasteiger partial charge on any atom is -0.373 e. The Morgan fingerprint density at radius 2 is 1.48 bits per heavy atom. The fraction of sp³-hybridized carbons (Fsp3) is 0.646. The van der Waals surface area contributed by atoms with Crippen molar-refractivity contribution in [2.75, 3.05) is 58.7 Å². The number of amides is 3. The highest BCUT2D eigenvalue weighted by atomic mass is 32.1. The predicted molar refractivity (Wildman–Crippen MR) is 245 cm³/mol. The Kier molecular flexibility index (Phi) is 18.2. The number of carbonyl (C=O) groups excluding carboxylic acids is 3. The SMILES string of the molecule is CC.CC.CS.O=C(CC1CCCCC1)NC12CCC(CC3CCN(CC(=O)N4CCN(C(=O)c5cc(Cc6n[nH]c(=O)c7ccccc67)ccc5F)CC4)CC3)(CC1)OC2. The summed E-state index contributed by atoms with van der Waals surface area (Å²) in [5, 5.41) is 11.4. The molecule has 61 heavy (non-hydrogen) atoms. The molecule has 13 heteroatoms. The summed E-state index contributed by atoms with van der Waals surface area (Å²) in [5.74, 6) is 0.421. The van der Waals surface area contributed by atoms with Gasteiger partial charge in [0.25, 0.3) is 11.5 Å². The van der Waals surface area contributed by atoms with Crippen LogP contribution in [0.1, 0.15) is 133 Å². The third-order valence-corrected chi connectivity index (χ3v) is 13.4. The molecule has 2 N–H and O–H groups in total. The van der Waals surface area contributed by atoms with Crippen molar-refractivity contribution in [3.63, 3.8) is 0 Å². The number of hydrogen-bond donors (Lipinski definition) is 3. The average molecular weight is 863 g/mol. The maximum atomic E-state index is 15.0. The monoisotopic (exact) mass is 863 g/mol. The number of hydrogen-bond acceptors (Lipinski definition) is 8. The molecule has 6 fully saturated rings. The van der Waals surface area contributed by atoms with Crippen LogP contribution < -0.4 is 10.9 Å². The summed E-state index contributed by atoms with van der Waals surface area (Å²) in [6.45, 7) is 12.3. The van der Waals surface area contributed by atoms with E-state index in [1.54, 1.807) is 35.4 Å². The van der Waals surface area contributed by atoms with Gasteiger partial charge < -0.3 is 19.9 Å². The second-order valence-electron chi connectivity index (χ2n) is 17.1. The number of rotatable bonds is 10. The van der Waals surface area contributed by atoms with E-state index < -0.39 is 11.7 Å². The Bertz CT molecular complexity index is 1930. The Labute approximate surface area is 368 Å². The molecule has 1 aromatic heterocycles. The van der Waals surface area contributed by atoms with Gasteiger partial charge in [0.2, 0.25) is 11.8 Å². The van der Waals surface area contributed by atoms with Crippen molar-refractivity contribution in [3.05, 3.63) is 75.5 Å². The number of H-pyrrole nitrogens is 1. The molecule has 2 bridgehead atoms. The maximum Gasteiger partial charge on any atom is 0.272 e. The van der Waals surface area contributed by atoms with Crippen molar-refractivity contribution >= 4 is 41.1 Å². The van der Waals surface area contributed by atoms with Gasteiger partial charge in [0.05, 0.1) is 40.9 Å². The van der Waals surface area contributed by atoms with Crippen LogP contribution in [0.2, 0.25) is 0 Å². The van der Waals surface area contributed by atoms with Gasteiger partial charge in [0.15, 0.2) is 0 Å². The number of thiol groups is 1. The quantitative estimate of drug-likeness (QED) is 0.178. The highest BCUT2D eigenvalue weighted by Crippen LogP contribution is 2.48. The van der Waals surface area contributed by atoms with Crippen molar-refractivity contribution in [3.8, 4) is 0 Å². The fourth-order valence-electron chi connectivity index (χ4n) is 10.0. The molecule has 2 aliphatic carbocycles. The molecular weight excluding hydrogens is 792 g/mol. The zero-order chi connectivity index (χ0) is 44.0. The molecule has 4 saturated heterocycles. The minimum absolute atomic E-state index is 0.00349. The molecule has 0 spiro atoms. The summed E-state index contributed by atoms with van der Waals surface area (Å²) < 4.78 is 21.6. The predicted octanol–water partition coefficient (Wildman–Crippen LogP) is 7.81. The molecule has 3 aromatic rings. The topological polar surface area (TPSA) is 128 Å². The molecule has 4 aliphatic heterocycles. The Balaban J connectivity index is 0.00000112. The number of aromatic amines is 1. The number of carbonyl (C=O) groups is 3. The summed E-state index contributed by atoms with van der Waals surface area (Å²) in [6, 6.07) is 11.7. The van der Waals surface area contributed by atoms with E-state index in [1.807, 2.05) is 44.7 Å². The highest BCUT2D eigenvalue weighted by molar-refractivity contribution is 7.79. The van der Waals surface area contributed by atoms with Crippen LogP contribution in [0.3, 0.4) is 0 Å². The molecule has 0 unspecified atom stereocenters. The lowest BCUT2D eigenvalue weighted by Crippen LogP contribution is -2.63. The lowest BCUT2D eigenvalue weighted by atomic mass is 9.67. The van der Waals surface area contributed by atoms with Crippen molar-refractivity contribution < 1.29 is 23.5 Å². The van der Waals surface area contributed by atoms with E-state index in [0.717, 1.165) is 63.4 Å². The van der Waals surface area contributed by atoms with Crippen LogP contribution in [-0.4, -0.2) is 112 Å². The van der Waals surface area contributed by atoms with Crippen LogP contribution >= 0.6 is 12.6 Å². The van der Waals surface area contributed by atoms with Gasteiger partial charge in [-0.15, -0.1) is 0 Å². The van der Waals surface area contributed by atoms with Gasteiger partial charge in [0, 0.05) is 44.4 Å². The third-order valence-electron chi connectivity index (χ3n) is 13.4. The van der Waals surface area contributed by atoms with Gasteiger partial charge in [-0.05, 0) is 113 Å². The smallest absolute Gasteiger partial charge is 0.272 e. The first-order valence-electron chi connectivity index (χ1n) is 23.1. The van der Waals surface area contributed by atoms with Crippen LogP contribution in [0.5, 0.6) is 0 Å². The summed E-state index contributed by atoms with van der Waals surface area (Å²) in [7, 11) is 0. The van der Waals surface area contributed by atoms with E-state index in [-0.39, 0.29) is 34.1 Å². The van der Waals surface area contributed by atoms with Crippen LogP contribution in [0, 0.1) is 17.7 Å². The maximum absolute atomic E-state index is 15.0. The van der Waals surface area contributed by atoms with Crippen molar-refractivity contribution in [1.82, 2.24) is 30.2 Å². The summed E-state index contributed by atoms with van der Waals surface area (Å²) in [5.41, 5.74) is 0.820. The second-order valence-corrected chi connectivity index (χ2v) is 17.1. The number of halogens is 1. The Morgan fingerprint density at radius 1 is 0.836 bits per heavy atom. The van der Waals surface area contributed by atoms with Crippen LogP contribution in [0.25, 0.3) is 10.8 Å². The first-order chi connectivity index (χ1) is 29.7. The minimum atomic E-state index is -0.588. The van der Waals surface area contributed by atoms with Gasteiger partial charge in [-0.3, -0.25) is 24.1 Å². The number of piperazine rings is 1. The lowest BCUT2D eigenvalue weighted by Gasteiger charge is -2.54. The molecule has 11 nitrogen and oxygen atoms in total. The number of benzene rings is 2. The number of aromatic nitrogens is 2. The fourth-order valence-corrected chi connectivity index (χ4v) is 10.0. The number of likely N-dealkylation sites (tertiary alicyclic amines) is 1. The first kappa shape index (κ1) is 48.2. The van der Waals surface area contributed by atoms with E-state index in [1.165, 1.54) is 38.2 Å². The largest absolute Gasteiger partial charge is 0.373 e. The molecule has 2 saturated carbocycles. The van der Waals surface area contributed by atoms with Crippen LogP contribution in [0.4, 0.5) is 4.39 Å². The summed E-state index contributed by atoms with van der Waals surface area (Å²) in [4.78, 5) is 57.7. The van der Waals surface area contributed by atoms with Gasteiger partial charge in [0.1, 0.15) is 5.82 Å². The highest BCUT2D eigenvalue weighted by Gasteiger charge is 2.51. The molecule has 0 radical (unpaired) electrons. The number of piperidine rings is 1. The first-order valence-corrected chi connectivity index (χ1v) is 24.0. The molecular formula is C48H71FN6O5S. The normalized spacial score (nSPS) is 23.1. The molecule has 6 aliphatic rings. The van der Waals surface area contributed by atoms with Gasteiger partial charge >= 0.3 is 0 Å². The lowest BCUT2D eigenvalue weighted by molar-refractivity contribution is -0.176. The molecule has 9 rings (SSSR count). The van der Waals surface area contributed by atoms with Gasteiger partial charge in [-0.25, -0.2) is 9.49 Å². The zero-order valence-electron chi connectivity index (χ0n) is 37.4. The van der Waals surface area contributed by atoms with Crippen LogP contribution in [0.15, 0.2) is 47.3 Å². The molecule has 3 amide bonds. The average Bonchev–Trinajstić information content (AvgIpc) is 3.31. The second kappa shape index (κ2) is 23.0. The molecule has 2 aromatic carbocycles.